The summed E-state index contributed by atoms with van der Waals surface area (Å²) < 4.78 is 5.21. The van der Waals surface area contributed by atoms with E-state index in [1.54, 1.807) is 6.08 Å². The van der Waals surface area contributed by atoms with E-state index in [1.165, 1.54) is 7.11 Å². The maximum atomic E-state index is 10.8. The number of phenols is 1. The quantitative estimate of drug-likeness (QED) is 0.671. The van der Waals surface area contributed by atoms with Crippen molar-refractivity contribution in [3.8, 4) is 11.5 Å². The number of nitrogens with zero attached hydrogens (tertiary/aromatic N) is 1. The van der Waals surface area contributed by atoms with Crippen molar-refractivity contribution in [1.29, 1.82) is 0 Å². The Morgan fingerprint density at radius 3 is 2.47 bits per heavy atom. The Bertz CT molecular complexity index is 539. The number of ether oxygens (including phenoxy) is 1. The first-order valence-corrected chi connectivity index (χ1v) is 6.52. The molecule has 1 aromatic rings. The lowest BCUT2D eigenvalue weighted by atomic mass is 9.84. The molecule has 0 aliphatic heterocycles. The Morgan fingerprint density at radius 1 is 1.32 bits per heavy atom. The lowest BCUT2D eigenvalue weighted by Gasteiger charge is -2.27. The molecule has 4 nitrogen and oxygen atoms in total. The third kappa shape index (κ3) is 2.13. The number of isocyanates is 1. The van der Waals surface area contributed by atoms with Crippen molar-refractivity contribution in [2.24, 2.45) is 4.99 Å². The fraction of sp³-hybridized carbons (Fsp3) is 0.533. The fourth-order valence-electron chi connectivity index (χ4n) is 3.00. The van der Waals surface area contributed by atoms with Crippen LogP contribution in [-0.4, -0.2) is 18.3 Å². The van der Waals surface area contributed by atoms with Gasteiger partial charge < -0.3 is 9.84 Å². The zero-order valence-electron chi connectivity index (χ0n) is 11.6. The Kier molecular flexibility index (Phi) is 3.63. The number of hydrogen-bond donors (Lipinski definition) is 1. The first-order valence-electron chi connectivity index (χ1n) is 6.52. The van der Waals surface area contributed by atoms with Crippen molar-refractivity contribution in [3.63, 3.8) is 0 Å². The van der Waals surface area contributed by atoms with E-state index >= 15 is 0 Å². The summed E-state index contributed by atoms with van der Waals surface area (Å²) in [6.45, 7) is 3.80. The Labute approximate surface area is 113 Å². The van der Waals surface area contributed by atoms with E-state index in [-0.39, 0.29) is 5.75 Å². The van der Waals surface area contributed by atoms with Crippen LogP contribution >= 0.6 is 0 Å². The van der Waals surface area contributed by atoms with E-state index in [4.69, 9.17) is 4.74 Å². The molecule has 1 saturated carbocycles. The Balaban J connectivity index is 2.67. The molecule has 1 aromatic carbocycles. The molecule has 102 valence electrons. The number of phenolic OH excluding ortho intramolecular Hbond substituents is 1. The van der Waals surface area contributed by atoms with Crippen LogP contribution in [0.4, 0.5) is 0 Å². The molecule has 0 bridgehead atoms. The first kappa shape index (κ1) is 13.6. The Hall–Kier alpha value is -1.80. The highest BCUT2D eigenvalue weighted by molar-refractivity contribution is 5.55. The van der Waals surface area contributed by atoms with Gasteiger partial charge in [0.15, 0.2) is 11.5 Å². The maximum Gasteiger partial charge on any atom is 0.235 e. The third-order valence-electron chi connectivity index (χ3n) is 4.24. The summed E-state index contributed by atoms with van der Waals surface area (Å²) in [5.41, 5.74) is 2.24. The predicted octanol–water partition coefficient (Wildman–Crippen LogP) is 3.12. The van der Waals surface area contributed by atoms with Gasteiger partial charge in [-0.15, -0.1) is 0 Å². The molecular formula is C15H19NO3. The molecule has 0 spiro atoms. The van der Waals surface area contributed by atoms with Crippen LogP contribution < -0.4 is 4.74 Å². The minimum atomic E-state index is -0.489. The van der Waals surface area contributed by atoms with E-state index < -0.39 is 5.54 Å². The van der Waals surface area contributed by atoms with Crippen LogP contribution in [0.25, 0.3) is 0 Å². The van der Waals surface area contributed by atoms with Crippen LogP contribution in [0.2, 0.25) is 0 Å². The molecule has 0 amide bonds. The van der Waals surface area contributed by atoms with Crippen molar-refractivity contribution in [2.45, 2.75) is 45.1 Å². The van der Waals surface area contributed by atoms with Gasteiger partial charge in [-0.2, -0.15) is 4.99 Å². The number of benzene rings is 1. The topological polar surface area (TPSA) is 58.9 Å². The molecule has 0 radical (unpaired) electrons. The summed E-state index contributed by atoms with van der Waals surface area (Å²) in [6.07, 6.45) is 5.50. The van der Waals surface area contributed by atoms with E-state index in [0.717, 1.165) is 42.4 Å². The molecule has 2 rings (SSSR count). The van der Waals surface area contributed by atoms with Gasteiger partial charge in [0.2, 0.25) is 6.08 Å². The van der Waals surface area contributed by atoms with E-state index in [0.29, 0.717) is 5.75 Å². The molecular weight excluding hydrogens is 242 g/mol. The van der Waals surface area contributed by atoms with Gasteiger partial charge in [0.1, 0.15) is 0 Å². The van der Waals surface area contributed by atoms with Crippen LogP contribution in [0.1, 0.15) is 42.4 Å². The second-order valence-electron chi connectivity index (χ2n) is 5.17. The SMILES string of the molecule is COc1cc(C2(N=C=O)CCCC2)c(C)c(C)c1O. The minimum absolute atomic E-state index is 0.159. The van der Waals surface area contributed by atoms with E-state index in [1.807, 2.05) is 19.9 Å². The van der Waals surface area contributed by atoms with Gasteiger partial charge in [-0.25, -0.2) is 4.79 Å². The fourth-order valence-corrected chi connectivity index (χ4v) is 3.00. The molecule has 19 heavy (non-hydrogen) atoms. The van der Waals surface area contributed by atoms with Crippen molar-refractivity contribution in [3.05, 3.63) is 22.8 Å². The predicted molar refractivity (Wildman–Crippen MR) is 72.4 cm³/mol. The number of methoxy groups -OCH3 is 1. The highest BCUT2D eigenvalue weighted by atomic mass is 16.5. The van der Waals surface area contributed by atoms with Gasteiger partial charge in [0.05, 0.1) is 12.6 Å². The zero-order valence-corrected chi connectivity index (χ0v) is 11.6. The van der Waals surface area contributed by atoms with Crippen molar-refractivity contribution in [1.82, 2.24) is 0 Å². The number of carbonyl (C=O) groups excluding carboxylic acids is 1. The molecule has 0 unspecified atom stereocenters. The zero-order chi connectivity index (χ0) is 14.0. The summed E-state index contributed by atoms with van der Waals surface area (Å²) in [5.74, 6) is 0.595. The smallest absolute Gasteiger partial charge is 0.235 e. The standard InChI is InChI=1S/C15H19NO3/c1-10-11(2)14(18)13(19-3)8-12(10)15(16-9-17)6-4-5-7-15/h8,18H,4-7H2,1-3H3. The lowest BCUT2D eigenvalue weighted by molar-refractivity contribution is 0.367. The highest BCUT2D eigenvalue weighted by Crippen LogP contribution is 2.47. The average Bonchev–Trinajstić information content (AvgIpc) is 2.86. The molecule has 0 heterocycles. The Morgan fingerprint density at radius 2 is 1.95 bits per heavy atom. The molecule has 1 fully saturated rings. The molecule has 1 aliphatic rings. The summed E-state index contributed by atoms with van der Waals surface area (Å²) in [6, 6.07) is 1.81. The number of aromatic hydroxyl groups is 1. The van der Waals surface area contributed by atoms with Crippen molar-refractivity contribution >= 4 is 6.08 Å². The van der Waals surface area contributed by atoms with Crippen LogP contribution in [0.5, 0.6) is 11.5 Å². The highest BCUT2D eigenvalue weighted by Gasteiger charge is 2.38. The van der Waals surface area contributed by atoms with Crippen molar-refractivity contribution in [2.75, 3.05) is 7.11 Å². The molecule has 0 atom stereocenters. The second kappa shape index (κ2) is 5.06. The monoisotopic (exact) mass is 261 g/mol. The second-order valence-corrected chi connectivity index (χ2v) is 5.17. The molecule has 1 aliphatic carbocycles. The van der Waals surface area contributed by atoms with Gasteiger partial charge in [-0.3, -0.25) is 0 Å². The van der Waals surface area contributed by atoms with Crippen molar-refractivity contribution < 1.29 is 14.6 Å². The van der Waals surface area contributed by atoms with Gasteiger partial charge in [-0.05, 0) is 49.4 Å². The van der Waals surface area contributed by atoms with Gasteiger partial charge >= 0.3 is 0 Å². The summed E-state index contributed by atoms with van der Waals surface area (Å²) >= 11 is 0. The largest absolute Gasteiger partial charge is 0.504 e. The van der Waals surface area contributed by atoms with Gasteiger partial charge in [0.25, 0.3) is 0 Å². The normalized spacial score (nSPS) is 17.0. The van der Waals surface area contributed by atoms with Crippen LogP contribution in [0.15, 0.2) is 11.1 Å². The molecule has 4 heteroatoms. The van der Waals surface area contributed by atoms with E-state index in [2.05, 4.69) is 4.99 Å². The first-order chi connectivity index (χ1) is 9.05. The summed E-state index contributed by atoms with van der Waals surface area (Å²) in [4.78, 5) is 14.9. The third-order valence-corrected chi connectivity index (χ3v) is 4.24. The molecule has 0 aromatic heterocycles. The molecule has 0 saturated heterocycles. The summed E-state index contributed by atoms with van der Waals surface area (Å²) in [7, 11) is 1.53. The van der Waals surface area contributed by atoms with Gasteiger partial charge in [-0.1, -0.05) is 12.8 Å². The maximum absolute atomic E-state index is 10.8. The van der Waals surface area contributed by atoms with Crippen LogP contribution in [-0.2, 0) is 10.3 Å². The average molecular weight is 261 g/mol. The molecule has 1 N–H and O–H groups in total. The van der Waals surface area contributed by atoms with Gasteiger partial charge in [0, 0.05) is 0 Å². The number of hydrogen-bond acceptors (Lipinski definition) is 4. The van der Waals surface area contributed by atoms with E-state index in [9.17, 15) is 9.90 Å². The number of rotatable bonds is 3. The lowest BCUT2D eigenvalue weighted by Crippen LogP contribution is -2.21. The summed E-state index contributed by atoms with van der Waals surface area (Å²) in [5, 5.41) is 10.0. The minimum Gasteiger partial charge on any atom is -0.504 e. The number of aliphatic imine (C=N–C) groups is 1. The van der Waals surface area contributed by atoms with Crippen LogP contribution in [0, 0.1) is 13.8 Å². The van der Waals surface area contributed by atoms with Crippen LogP contribution in [0.3, 0.4) is 0 Å².